The first-order valence-electron chi connectivity index (χ1n) is 7.61. The van der Waals surface area contributed by atoms with E-state index in [-0.39, 0.29) is 26.7 Å². The van der Waals surface area contributed by atoms with Gasteiger partial charge in [-0.1, -0.05) is 35.3 Å². The highest BCUT2D eigenvalue weighted by molar-refractivity contribution is 6.40. The van der Waals surface area contributed by atoms with E-state index in [2.05, 4.69) is 15.5 Å². The van der Waals surface area contributed by atoms with E-state index < -0.39 is 27.7 Å². The smallest absolute Gasteiger partial charge is 0.288 e. The second-order valence-corrected chi connectivity index (χ2v) is 6.26. The van der Waals surface area contributed by atoms with Gasteiger partial charge in [-0.3, -0.25) is 19.7 Å². The average Bonchev–Trinajstić information content (AvgIpc) is 2.64. The number of amides is 1. The number of aromatic hydroxyl groups is 1. The van der Waals surface area contributed by atoms with Crippen molar-refractivity contribution in [2.45, 2.75) is 0 Å². The number of rotatable bonds is 4. The van der Waals surface area contributed by atoms with Crippen molar-refractivity contribution in [2.24, 2.45) is 5.10 Å². The molecular weight excluding hydrogens is 411 g/mol. The zero-order chi connectivity index (χ0) is 20.4. The Morgan fingerprint density at radius 3 is 2.68 bits per heavy atom. The minimum absolute atomic E-state index is 0.00877. The summed E-state index contributed by atoms with van der Waals surface area (Å²) >= 11 is 11.9. The summed E-state index contributed by atoms with van der Waals surface area (Å²) in [5.74, 6) is -1.49. The molecule has 0 spiro atoms. The highest BCUT2D eigenvalue weighted by Gasteiger charge is 2.20. The molecule has 0 saturated heterocycles. The Labute approximate surface area is 166 Å². The van der Waals surface area contributed by atoms with Gasteiger partial charge in [0.2, 0.25) is 0 Å². The molecule has 0 unspecified atom stereocenters. The normalized spacial score (nSPS) is 11.1. The van der Waals surface area contributed by atoms with Crippen molar-refractivity contribution in [1.29, 1.82) is 0 Å². The molecular formula is C17H10Cl2N4O5. The number of fused-ring (bicyclic) bond motifs is 1. The molecule has 0 aliphatic heterocycles. The van der Waals surface area contributed by atoms with Crippen molar-refractivity contribution in [1.82, 2.24) is 10.4 Å². The van der Waals surface area contributed by atoms with E-state index in [4.69, 9.17) is 23.2 Å². The number of aromatic nitrogens is 1. The number of nitro benzene ring substituents is 1. The maximum Gasteiger partial charge on any atom is 0.288 e. The van der Waals surface area contributed by atoms with Crippen LogP contribution in [-0.2, 0) is 0 Å². The monoisotopic (exact) mass is 420 g/mol. The SMILES string of the molecule is O=C(N/N=C/c1c(Cl)ccc([N+](=O)[O-])c1Cl)c1c(O)c2ccccc2[nH]c1=O. The summed E-state index contributed by atoms with van der Waals surface area (Å²) in [6, 6.07) is 8.79. The van der Waals surface area contributed by atoms with E-state index in [1.165, 1.54) is 12.1 Å². The molecule has 11 heteroatoms. The molecule has 3 aromatic rings. The van der Waals surface area contributed by atoms with E-state index in [0.717, 1.165) is 12.3 Å². The Balaban J connectivity index is 1.92. The summed E-state index contributed by atoms with van der Waals surface area (Å²) in [4.78, 5) is 37.1. The fourth-order valence-electron chi connectivity index (χ4n) is 2.46. The van der Waals surface area contributed by atoms with Gasteiger partial charge in [0.1, 0.15) is 16.3 Å². The molecule has 1 aromatic heterocycles. The first-order valence-corrected chi connectivity index (χ1v) is 8.36. The number of hydrazone groups is 1. The standard InChI is InChI=1S/C17H10Cl2N4O5/c18-10-5-6-12(23(27)28)14(19)9(10)7-20-22-17(26)13-15(24)8-3-1-2-4-11(8)21-16(13)25/h1-7H,(H,22,26)(H2,21,24,25)/b20-7+. The van der Waals surface area contributed by atoms with Gasteiger partial charge in [-0.2, -0.15) is 5.10 Å². The summed E-state index contributed by atoms with van der Waals surface area (Å²) < 4.78 is 0. The lowest BCUT2D eigenvalue weighted by molar-refractivity contribution is -0.384. The van der Waals surface area contributed by atoms with Crippen LogP contribution in [0.15, 0.2) is 46.3 Å². The van der Waals surface area contributed by atoms with Crippen molar-refractivity contribution in [3.63, 3.8) is 0 Å². The van der Waals surface area contributed by atoms with Gasteiger partial charge in [0.05, 0.1) is 21.7 Å². The predicted octanol–water partition coefficient (Wildman–Crippen LogP) is 3.21. The van der Waals surface area contributed by atoms with E-state index >= 15 is 0 Å². The minimum Gasteiger partial charge on any atom is -0.506 e. The van der Waals surface area contributed by atoms with Crippen LogP contribution in [0.2, 0.25) is 10.0 Å². The van der Waals surface area contributed by atoms with Gasteiger partial charge in [-0.25, -0.2) is 5.43 Å². The van der Waals surface area contributed by atoms with Gasteiger partial charge in [0.15, 0.2) is 0 Å². The van der Waals surface area contributed by atoms with Gasteiger partial charge >= 0.3 is 0 Å². The van der Waals surface area contributed by atoms with Gasteiger partial charge in [-0.05, 0) is 18.2 Å². The molecule has 0 radical (unpaired) electrons. The number of hydrogen-bond donors (Lipinski definition) is 3. The average molecular weight is 421 g/mol. The van der Waals surface area contributed by atoms with Crippen LogP contribution in [0.3, 0.4) is 0 Å². The maximum absolute atomic E-state index is 12.3. The fraction of sp³-hybridized carbons (Fsp3) is 0. The first kappa shape index (κ1) is 19.3. The lowest BCUT2D eigenvalue weighted by Crippen LogP contribution is -2.26. The zero-order valence-corrected chi connectivity index (χ0v) is 15.3. The Bertz CT molecular complexity index is 1210. The van der Waals surface area contributed by atoms with Crippen molar-refractivity contribution in [2.75, 3.05) is 0 Å². The Morgan fingerprint density at radius 2 is 1.96 bits per heavy atom. The van der Waals surface area contributed by atoms with E-state index in [0.29, 0.717) is 5.52 Å². The first-order chi connectivity index (χ1) is 13.3. The van der Waals surface area contributed by atoms with Crippen LogP contribution in [0.25, 0.3) is 10.9 Å². The number of halogens is 2. The number of nitrogens with one attached hydrogen (secondary N) is 2. The molecule has 9 nitrogen and oxygen atoms in total. The summed E-state index contributed by atoms with van der Waals surface area (Å²) in [5.41, 5.74) is 0.699. The molecule has 3 rings (SSSR count). The number of para-hydroxylation sites is 1. The second kappa shape index (κ2) is 7.67. The van der Waals surface area contributed by atoms with E-state index in [1.807, 2.05) is 0 Å². The number of pyridine rings is 1. The van der Waals surface area contributed by atoms with Crippen LogP contribution in [0.1, 0.15) is 15.9 Å². The Kier molecular flexibility index (Phi) is 5.30. The number of H-pyrrole nitrogens is 1. The number of carbonyl (C=O) groups is 1. The van der Waals surface area contributed by atoms with Crippen molar-refractivity contribution in [3.05, 3.63) is 78.0 Å². The third kappa shape index (κ3) is 3.53. The zero-order valence-electron chi connectivity index (χ0n) is 13.8. The van der Waals surface area contributed by atoms with Crippen LogP contribution >= 0.6 is 23.2 Å². The molecule has 0 bridgehead atoms. The topological polar surface area (TPSA) is 138 Å². The highest BCUT2D eigenvalue weighted by atomic mass is 35.5. The molecule has 1 amide bonds. The third-order valence-corrected chi connectivity index (χ3v) is 4.51. The largest absolute Gasteiger partial charge is 0.506 e. The maximum atomic E-state index is 12.3. The van der Waals surface area contributed by atoms with Crippen LogP contribution in [-0.4, -0.2) is 27.1 Å². The predicted molar refractivity (Wildman–Crippen MR) is 104 cm³/mol. The molecule has 0 fully saturated rings. The highest BCUT2D eigenvalue weighted by Crippen LogP contribution is 2.31. The van der Waals surface area contributed by atoms with Crippen molar-refractivity contribution < 1.29 is 14.8 Å². The molecule has 1 heterocycles. The summed E-state index contributed by atoms with van der Waals surface area (Å²) in [5, 5.41) is 24.9. The number of carbonyl (C=O) groups excluding carboxylic acids is 1. The Morgan fingerprint density at radius 1 is 1.25 bits per heavy atom. The summed E-state index contributed by atoms with van der Waals surface area (Å²) in [6.07, 6.45) is 1.00. The van der Waals surface area contributed by atoms with E-state index in [1.54, 1.807) is 18.2 Å². The molecule has 3 N–H and O–H groups in total. The van der Waals surface area contributed by atoms with Crippen LogP contribution < -0.4 is 11.0 Å². The van der Waals surface area contributed by atoms with Crippen LogP contribution in [0, 0.1) is 10.1 Å². The third-order valence-electron chi connectivity index (χ3n) is 3.78. The Hall–Kier alpha value is -3.43. The van der Waals surface area contributed by atoms with Gasteiger partial charge in [0.25, 0.3) is 17.2 Å². The van der Waals surface area contributed by atoms with Gasteiger partial charge in [-0.15, -0.1) is 0 Å². The molecule has 2 aromatic carbocycles. The molecule has 0 aliphatic carbocycles. The molecule has 28 heavy (non-hydrogen) atoms. The summed E-state index contributed by atoms with van der Waals surface area (Å²) in [7, 11) is 0. The van der Waals surface area contributed by atoms with Crippen molar-refractivity contribution in [3.8, 4) is 5.75 Å². The number of aromatic amines is 1. The van der Waals surface area contributed by atoms with Crippen LogP contribution in [0.4, 0.5) is 5.69 Å². The van der Waals surface area contributed by atoms with E-state index in [9.17, 15) is 24.8 Å². The van der Waals surface area contributed by atoms with Crippen molar-refractivity contribution >= 4 is 51.9 Å². The number of benzene rings is 2. The van der Waals surface area contributed by atoms with Gasteiger partial charge in [0, 0.05) is 17.0 Å². The molecule has 0 aliphatic rings. The fourth-order valence-corrected chi connectivity index (χ4v) is 3.00. The number of nitrogens with zero attached hydrogens (tertiary/aromatic N) is 2. The molecule has 142 valence electrons. The lowest BCUT2D eigenvalue weighted by Gasteiger charge is -2.06. The van der Waals surface area contributed by atoms with Crippen LogP contribution in [0.5, 0.6) is 5.75 Å². The van der Waals surface area contributed by atoms with Gasteiger partial charge < -0.3 is 10.1 Å². The second-order valence-electron chi connectivity index (χ2n) is 5.47. The quantitative estimate of drug-likeness (QED) is 0.337. The number of nitro groups is 1. The summed E-state index contributed by atoms with van der Waals surface area (Å²) in [6.45, 7) is 0. The molecule has 0 atom stereocenters. The molecule has 0 saturated carbocycles. The minimum atomic E-state index is -0.988. The number of hydrogen-bond acceptors (Lipinski definition) is 6. The lowest BCUT2D eigenvalue weighted by atomic mass is 10.1.